The molecule has 5 amide bonds. The first-order valence-electron chi connectivity index (χ1n) is 18.6. The molecule has 14 nitrogen and oxygen atoms in total. The fourth-order valence-corrected chi connectivity index (χ4v) is 5.28. The van der Waals surface area contributed by atoms with Crippen LogP contribution in [0.1, 0.15) is 124 Å². The molecule has 0 aliphatic heterocycles. The Hall–Kier alpha value is -4.36. The molecule has 1 rings (SSSR count). The summed E-state index contributed by atoms with van der Waals surface area (Å²) in [5, 5.41) is 22.7. The van der Waals surface area contributed by atoms with E-state index in [0.29, 0.717) is 19.3 Å². The number of ether oxygens (including phenoxy) is 2. The van der Waals surface area contributed by atoms with Gasteiger partial charge in [0, 0.05) is 12.6 Å². The highest BCUT2D eigenvalue weighted by molar-refractivity contribution is 5.93. The molecule has 14 heteroatoms. The van der Waals surface area contributed by atoms with Crippen molar-refractivity contribution in [3.05, 3.63) is 35.9 Å². The molecule has 0 aliphatic carbocycles. The molecule has 0 aromatic heterocycles. The molecule has 1 aromatic rings. The lowest BCUT2D eigenvalue weighted by molar-refractivity contribution is -0.138. The summed E-state index contributed by atoms with van der Waals surface area (Å²) in [5.74, 6) is -3.15. The van der Waals surface area contributed by atoms with Gasteiger partial charge in [0.05, 0.1) is 6.42 Å². The van der Waals surface area contributed by atoms with Crippen molar-refractivity contribution >= 4 is 35.9 Å². The van der Waals surface area contributed by atoms with Crippen LogP contribution in [0.15, 0.2) is 30.3 Å². The third-order valence-electron chi connectivity index (χ3n) is 8.02. The van der Waals surface area contributed by atoms with E-state index in [1.165, 1.54) is 12.8 Å². The summed E-state index contributed by atoms with van der Waals surface area (Å²) in [7, 11) is 0. The van der Waals surface area contributed by atoms with E-state index in [4.69, 9.17) is 9.47 Å². The zero-order chi connectivity index (χ0) is 38.9. The topological polar surface area (TPSA) is 201 Å². The predicted molar refractivity (Wildman–Crippen MR) is 198 cm³/mol. The van der Waals surface area contributed by atoms with Gasteiger partial charge in [-0.15, -0.1) is 0 Å². The number of benzene rings is 1. The second-order valence-electron chi connectivity index (χ2n) is 14.4. The van der Waals surface area contributed by atoms with Crippen LogP contribution in [-0.2, 0) is 35.3 Å². The zero-order valence-corrected chi connectivity index (χ0v) is 32.0. The van der Waals surface area contributed by atoms with E-state index in [1.54, 1.807) is 34.6 Å². The zero-order valence-electron chi connectivity index (χ0n) is 32.0. The van der Waals surface area contributed by atoms with Crippen molar-refractivity contribution in [2.75, 3.05) is 13.1 Å². The number of unbranched alkanes of at least 4 members (excludes halogenated alkanes) is 7. The van der Waals surface area contributed by atoms with Crippen molar-refractivity contribution in [1.29, 1.82) is 0 Å². The third kappa shape index (κ3) is 22.5. The Morgan fingerprint density at radius 3 is 2.00 bits per heavy atom. The van der Waals surface area contributed by atoms with Crippen LogP contribution in [0.3, 0.4) is 0 Å². The number of carboxylic acid groups (broad SMARTS) is 1. The lowest BCUT2D eigenvalue weighted by Gasteiger charge is -2.27. The van der Waals surface area contributed by atoms with Crippen molar-refractivity contribution in [3.8, 4) is 0 Å². The van der Waals surface area contributed by atoms with Crippen LogP contribution in [0.2, 0.25) is 0 Å². The number of amides is 5. The number of aliphatic carboxylic acids is 1. The summed E-state index contributed by atoms with van der Waals surface area (Å²) < 4.78 is 10.4. The van der Waals surface area contributed by atoms with Crippen molar-refractivity contribution in [3.63, 3.8) is 0 Å². The van der Waals surface area contributed by atoms with Crippen LogP contribution in [-0.4, -0.2) is 77.8 Å². The molecule has 6 N–H and O–H groups in total. The molecule has 0 heterocycles. The largest absolute Gasteiger partial charge is 0.481 e. The maximum atomic E-state index is 13.6. The van der Waals surface area contributed by atoms with E-state index < -0.39 is 66.1 Å². The average Bonchev–Trinajstić information content (AvgIpc) is 3.06. The summed E-state index contributed by atoms with van der Waals surface area (Å²) in [6, 6.07) is 6.57. The number of hydrogen-bond donors (Lipinski definition) is 6. The number of hydrogen-bond acceptors (Lipinski definition) is 8. The van der Waals surface area contributed by atoms with Gasteiger partial charge in [-0.25, -0.2) is 9.59 Å². The maximum Gasteiger partial charge on any atom is 0.408 e. The molecule has 0 spiro atoms. The molecule has 0 radical (unpaired) electrons. The summed E-state index contributed by atoms with van der Waals surface area (Å²) >= 11 is 0. The lowest BCUT2D eigenvalue weighted by Crippen LogP contribution is -2.57. The molecular weight excluding hydrogens is 670 g/mol. The highest BCUT2D eigenvalue weighted by atomic mass is 16.6. The Kier molecular flexibility index (Phi) is 22.5. The molecule has 0 bridgehead atoms. The van der Waals surface area contributed by atoms with E-state index in [1.807, 2.05) is 30.3 Å². The first-order valence-corrected chi connectivity index (χ1v) is 18.6. The molecule has 0 aliphatic rings. The van der Waals surface area contributed by atoms with Crippen LogP contribution in [0.5, 0.6) is 0 Å². The first kappa shape index (κ1) is 45.7. The number of rotatable bonds is 25. The predicted octanol–water partition coefficient (Wildman–Crippen LogP) is 5.33. The van der Waals surface area contributed by atoms with Crippen LogP contribution in [0.4, 0.5) is 9.59 Å². The summed E-state index contributed by atoms with van der Waals surface area (Å²) in [6.45, 7) is 10.7. The monoisotopic (exact) mass is 733 g/mol. The Labute approximate surface area is 309 Å². The van der Waals surface area contributed by atoms with Gasteiger partial charge in [-0.05, 0) is 57.9 Å². The molecule has 0 saturated heterocycles. The number of nitrogens with one attached hydrogen (secondary N) is 5. The van der Waals surface area contributed by atoms with Gasteiger partial charge in [0.1, 0.15) is 30.8 Å². The van der Waals surface area contributed by atoms with E-state index >= 15 is 0 Å². The minimum absolute atomic E-state index is 0.124. The normalized spacial score (nSPS) is 12.9. The average molecular weight is 734 g/mol. The van der Waals surface area contributed by atoms with E-state index in [2.05, 4.69) is 33.5 Å². The van der Waals surface area contributed by atoms with Gasteiger partial charge >= 0.3 is 18.2 Å². The summed E-state index contributed by atoms with van der Waals surface area (Å²) in [4.78, 5) is 75.6. The van der Waals surface area contributed by atoms with Crippen LogP contribution in [0, 0.1) is 5.92 Å². The smallest absolute Gasteiger partial charge is 0.408 e. The lowest BCUT2D eigenvalue weighted by atomic mass is 9.99. The molecular formula is C38H63N5O9. The Morgan fingerprint density at radius 1 is 0.750 bits per heavy atom. The van der Waals surface area contributed by atoms with Gasteiger partial charge in [-0.3, -0.25) is 19.2 Å². The van der Waals surface area contributed by atoms with Crippen molar-refractivity contribution in [2.45, 2.75) is 149 Å². The highest BCUT2D eigenvalue weighted by Crippen LogP contribution is 2.13. The molecule has 52 heavy (non-hydrogen) atoms. The first-order chi connectivity index (χ1) is 24.6. The molecule has 1 aromatic carbocycles. The summed E-state index contributed by atoms with van der Waals surface area (Å²) in [5.41, 5.74) is 0.0807. The molecule has 0 unspecified atom stereocenters. The second-order valence-corrected chi connectivity index (χ2v) is 14.4. The summed E-state index contributed by atoms with van der Waals surface area (Å²) in [6.07, 6.45) is 7.32. The van der Waals surface area contributed by atoms with Crippen molar-refractivity contribution < 1.29 is 43.3 Å². The van der Waals surface area contributed by atoms with Gasteiger partial charge in [-0.2, -0.15) is 0 Å². The van der Waals surface area contributed by atoms with Crippen LogP contribution in [0.25, 0.3) is 0 Å². The van der Waals surface area contributed by atoms with E-state index in [9.17, 15) is 33.9 Å². The Balaban J connectivity index is 2.85. The minimum Gasteiger partial charge on any atom is -0.481 e. The quantitative estimate of drug-likeness (QED) is 0.0718. The van der Waals surface area contributed by atoms with Gasteiger partial charge in [0.15, 0.2) is 0 Å². The molecule has 0 fully saturated rings. The fraction of sp³-hybridized carbons (Fsp3) is 0.684. The van der Waals surface area contributed by atoms with E-state index in [0.717, 1.165) is 37.7 Å². The van der Waals surface area contributed by atoms with E-state index in [-0.39, 0.29) is 31.9 Å². The highest BCUT2D eigenvalue weighted by Gasteiger charge is 2.30. The van der Waals surface area contributed by atoms with Crippen molar-refractivity contribution in [2.24, 2.45) is 5.92 Å². The SMILES string of the molecule is CCCCCCCCC[C@@H](CC(=O)O)NC(=O)[C@@H](NC(=O)[C@H](CCCCNC(=O)OCc1ccccc1)NC(=O)CNC(=O)OC(C)(C)C)C(C)C. The van der Waals surface area contributed by atoms with Crippen molar-refractivity contribution in [1.82, 2.24) is 26.6 Å². The number of carbonyl (C=O) groups is 6. The number of carboxylic acids is 1. The van der Waals surface area contributed by atoms with Gasteiger partial charge in [0.2, 0.25) is 17.7 Å². The van der Waals surface area contributed by atoms with Crippen LogP contribution >= 0.6 is 0 Å². The maximum absolute atomic E-state index is 13.6. The Morgan fingerprint density at radius 2 is 1.38 bits per heavy atom. The molecule has 3 atom stereocenters. The second kappa shape index (κ2) is 25.6. The minimum atomic E-state index is -1.07. The molecule has 0 saturated carbocycles. The third-order valence-corrected chi connectivity index (χ3v) is 8.02. The van der Waals surface area contributed by atoms with Gasteiger partial charge in [0.25, 0.3) is 0 Å². The van der Waals surface area contributed by atoms with Crippen LogP contribution < -0.4 is 26.6 Å². The number of alkyl carbamates (subject to hydrolysis) is 2. The number of carbonyl (C=O) groups excluding carboxylic acids is 5. The van der Waals surface area contributed by atoms with Gasteiger partial charge in [-0.1, -0.05) is 96.0 Å². The Bertz CT molecular complexity index is 1240. The fourth-order valence-electron chi connectivity index (χ4n) is 5.28. The molecule has 294 valence electrons. The van der Waals surface area contributed by atoms with Gasteiger partial charge < -0.3 is 41.2 Å². The standard InChI is InChI=1S/C38H63N5O9/c1-7-8-9-10-11-12-16-21-29(24-32(45)46)41-35(48)33(27(2)3)43-34(47)30(42-31(44)25-40-37(50)52-38(4,5)6)22-17-18-23-39-36(49)51-26-28-19-14-13-15-20-28/h13-15,19-20,27,29-30,33H,7-12,16-18,21-26H2,1-6H3,(H,39,49)(H,40,50)(H,41,48)(H,42,44)(H,43,47)(H,45,46)/t29-,30-,33-/m0/s1.